The van der Waals surface area contributed by atoms with E-state index >= 15 is 0 Å². The second-order valence-corrected chi connectivity index (χ2v) is 10.2. The molecular formula is C31H30O6. The first kappa shape index (κ1) is 24.2. The second-order valence-electron chi connectivity index (χ2n) is 10.2. The SMILES string of the molecule is CC1(C)O[C@H]2O[C@](C=O)(COCc3ccc4ccccc4c3)[C@@H](OCc3ccc4ccccc4c3)[C@H]2O1. The van der Waals surface area contributed by atoms with Gasteiger partial charge in [0.15, 0.2) is 24.0 Å². The molecule has 2 aliphatic heterocycles. The third-order valence-corrected chi connectivity index (χ3v) is 7.06. The second kappa shape index (κ2) is 9.63. The highest BCUT2D eigenvalue weighted by Gasteiger charge is 2.63. The van der Waals surface area contributed by atoms with Crippen LogP contribution in [-0.2, 0) is 41.7 Å². The number of ether oxygens (including phenoxy) is 5. The van der Waals surface area contributed by atoms with Crippen LogP contribution in [0.5, 0.6) is 0 Å². The van der Waals surface area contributed by atoms with Crippen LogP contribution in [0, 0.1) is 0 Å². The molecule has 0 amide bonds. The van der Waals surface area contributed by atoms with Gasteiger partial charge in [0.05, 0.1) is 19.8 Å². The Bertz CT molecular complexity index is 1430. The lowest BCUT2D eigenvalue weighted by Gasteiger charge is -2.32. The lowest BCUT2D eigenvalue weighted by Crippen LogP contribution is -2.51. The molecule has 4 aromatic carbocycles. The maximum absolute atomic E-state index is 12.5. The van der Waals surface area contributed by atoms with E-state index in [0.717, 1.165) is 33.6 Å². The van der Waals surface area contributed by atoms with Crippen molar-refractivity contribution in [2.75, 3.05) is 6.61 Å². The summed E-state index contributed by atoms with van der Waals surface area (Å²) >= 11 is 0. The van der Waals surface area contributed by atoms with Crippen LogP contribution >= 0.6 is 0 Å². The Hall–Kier alpha value is -3.13. The third kappa shape index (κ3) is 4.79. The molecule has 4 aromatic rings. The number of rotatable bonds is 8. The molecule has 0 bridgehead atoms. The molecule has 0 spiro atoms. The smallest absolute Gasteiger partial charge is 0.191 e. The van der Waals surface area contributed by atoms with Gasteiger partial charge in [-0.05, 0) is 58.7 Å². The van der Waals surface area contributed by atoms with Crippen molar-refractivity contribution in [2.24, 2.45) is 0 Å². The van der Waals surface area contributed by atoms with Crippen LogP contribution in [0.4, 0.5) is 0 Å². The summed E-state index contributed by atoms with van der Waals surface area (Å²) in [6.07, 6.45) is -1.19. The molecule has 2 saturated heterocycles. The molecule has 0 unspecified atom stereocenters. The van der Waals surface area contributed by atoms with Crippen LogP contribution in [0.3, 0.4) is 0 Å². The Kier molecular flexibility index (Phi) is 6.31. The van der Waals surface area contributed by atoms with Gasteiger partial charge in [-0.1, -0.05) is 72.8 Å². The maximum atomic E-state index is 12.5. The Labute approximate surface area is 216 Å². The quantitative estimate of drug-likeness (QED) is 0.297. The number of hydrogen-bond acceptors (Lipinski definition) is 6. The summed E-state index contributed by atoms with van der Waals surface area (Å²) in [5.41, 5.74) is 0.664. The molecule has 0 saturated carbocycles. The average molecular weight is 499 g/mol. The summed E-state index contributed by atoms with van der Waals surface area (Å²) in [6, 6.07) is 28.7. The fraction of sp³-hybridized carbons (Fsp3) is 0.323. The molecule has 2 fully saturated rings. The van der Waals surface area contributed by atoms with Crippen LogP contribution in [0.15, 0.2) is 84.9 Å². The molecule has 6 rings (SSSR count). The molecule has 0 N–H and O–H groups in total. The highest BCUT2D eigenvalue weighted by Crippen LogP contribution is 2.43. The Morgan fingerprint density at radius 3 is 1.97 bits per heavy atom. The lowest BCUT2D eigenvalue weighted by atomic mass is 9.97. The zero-order chi connectivity index (χ0) is 25.5. The minimum absolute atomic E-state index is 0.0197. The minimum atomic E-state index is -1.35. The van der Waals surface area contributed by atoms with E-state index in [9.17, 15) is 4.79 Å². The molecule has 190 valence electrons. The van der Waals surface area contributed by atoms with Gasteiger partial charge in [-0.3, -0.25) is 4.79 Å². The van der Waals surface area contributed by atoms with E-state index in [1.807, 2.05) is 50.2 Å². The normalized spacial score (nSPS) is 26.5. The van der Waals surface area contributed by atoms with Gasteiger partial charge in [-0.15, -0.1) is 0 Å². The van der Waals surface area contributed by atoms with Crippen molar-refractivity contribution in [1.82, 2.24) is 0 Å². The Morgan fingerprint density at radius 1 is 0.757 bits per heavy atom. The number of carbonyl (C=O) groups excluding carboxylic acids is 1. The number of hydrogen-bond donors (Lipinski definition) is 0. The largest absolute Gasteiger partial charge is 0.373 e. The van der Waals surface area contributed by atoms with Crippen molar-refractivity contribution in [3.8, 4) is 0 Å². The number of carbonyl (C=O) groups is 1. The zero-order valence-electron chi connectivity index (χ0n) is 21.0. The van der Waals surface area contributed by atoms with Crippen molar-refractivity contribution < 1.29 is 28.5 Å². The predicted octanol–water partition coefficient (Wildman–Crippen LogP) is 5.54. The first-order valence-corrected chi connectivity index (χ1v) is 12.6. The fourth-order valence-corrected chi connectivity index (χ4v) is 5.27. The number of aldehydes is 1. The number of benzene rings is 4. The topological polar surface area (TPSA) is 63.2 Å². The molecule has 2 aliphatic rings. The van der Waals surface area contributed by atoms with E-state index in [4.69, 9.17) is 23.7 Å². The summed E-state index contributed by atoms with van der Waals surface area (Å²) in [5, 5.41) is 4.60. The molecule has 6 heteroatoms. The number of fused-ring (bicyclic) bond motifs is 3. The van der Waals surface area contributed by atoms with Crippen molar-refractivity contribution >= 4 is 27.8 Å². The van der Waals surface area contributed by atoms with Crippen LogP contribution in [0.1, 0.15) is 25.0 Å². The summed E-state index contributed by atoms with van der Waals surface area (Å²) in [7, 11) is 0. The predicted molar refractivity (Wildman–Crippen MR) is 140 cm³/mol. The lowest BCUT2D eigenvalue weighted by molar-refractivity contribution is -0.246. The summed E-state index contributed by atoms with van der Waals surface area (Å²) in [5.74, 6) is -0.832. The fourth-order valence-electron chi connectivity index (χ4n) is 5.27. The molecule has 0 aromatic heterocycles. The van der Waals surface area contributed by atoms with Gasteiger partial charge in [-0.2, -0.15) is 0 Å². The van der Waals surface area contributed by atoms with E-state index in [2.05, 4.69) is 48.5 Å². The van der Waals surface area contributed by atoms with Crippen molar-refractivity contribution in [3.05, 3.63) is 96.1 Å². The highest BCUT2D eigenvalue weighted by atomic mass is 16.8. The highest BCUT2D eigenvalue weighted by molar-refractivity contribution is 5.83. The maximum Gasteiger partial charge on any atom is 0.191 e. The molecular weight excluding hydrogens is 468 g/mol. The first-order valence-electron chi connectivity index (χ1n) is 12.6. The van der Waals surface area contributed by atoms with Crippen molar-refractivity contribution in [3.63, 3.8) is 0 Å². The van der Waals surface area contributed by atoms with E-state index in [1.165, 1.54) is 5.39 Å². The monoisotopic (exact) mass is 498 g/mol. The van der Waals surface area contributed by atoms with E-state index in [0.29, 0.717) is 13.2 Å². The van der Waals surface area contributed by atoms with Gasteiger partial charge < -0.3 is 23.7 Å². The zero-order valence-corrected chi connectivity index (χ0v) is 21.0. The van der Waals surface area contributed by atoms with Gasteiger partial charge in [0.25, 0.3) is 0 Å². The molecule has 37 heavy (non-hydrogen) atoms. The molecule has 4 atom stereocenters. The standard InChI is InChI=1S/C31H30O6/c1-30(2)35-27-28(34-18-22-12-14-24-8-4-6-10-26(24)16-22)31(19-32,37-29(27)36-30)20-33-17-21-11-13-23-7-3-5-9-25(23)15-21/h3-16,19,27-29H,17-18,20H2,1-2H3/t27-,28+,29+,31-/m1/s1. The van der Waals surface area contributed by atoms with E-state index in [-0.39, 0.29) is 6.61 Å². The van der Waals surface area contributed by atoms with Gasteiger partial charge in [0.1, 0.15) is 12.2 Å². The van der Waals surface area contributed by atoms with E-state index in [1.54, 1.807) is 0 Å². The van der Waals surface area contributed by atoms with Gasteiger partial charge in [0.2, 0.25) is 0 Å². The molecule has 0 aliphatic carbocycles. The minimum Gasteiger partial charge on any atom is -0.373 e. The van der Waals surface area contributed by atoms with Gasteiger partial charge in [-0.25, -0.2) is 0 Å². The van der Waals surface area contributed by atoms with Gasteiger partial charge >= 0.3 is 0 Å². The van der Waals surface area contributed by atoms with Crippen LogP contribution in [0.2, 0.25) is 0 Å². The van der Waals surface area contributed by atoms with Crippen molar-refractivity contribution in [1.29, 1.82) is 0 Å². The Balaban J connectivity index is 1.20. The third-order valence-electron chi connectivity index (χ3n) is 7.06. The molecule has 0 radical (unpaired) electrons. The molecule has 2 heterocycles. The summed E-state index contributed by atoms with van der Waals surface area (Å²) in [4.78, 5) is 12.5. The van der Waals surface area contributed by atoms with Gasteiger partial charge in [0, 0.05) is 0 Å². The Morgan fingerprint density at radius 2 is 1.35 bits per heavy atom. The van der Waals surface area contributed by atoms with Crippen LogP contribution in [-0.4, -0.2) is 42.8 Å². The van der Waals surface area contributed by atoms with Crippen LogP contribution < -0.4 is 0 Å². The molecule has 6 nitrogen and oxygen atoms in total. The average Bonchev–Trinajstić information content (AvgIpc) is 3.35. The summed E-state index contributed by atoms with van der Waals surface area (Å²) in [6.45, 7) is 4.31. The first-order chi connectivity index (χ1) is 17.9. The van der Waals surface area contributed by atoms with Crippen LogP contribution in [0.25, 0.3) is 21.5 Å². The summed E-state index contributed by atoms with van der Waals surface area (Å²) < 4.78 is 30.7. The van der Waals surface area contributed by atoms with E-state index < -0.39 is 29.9 Å². The van der Waals surface area contributed by atoms with Crippen molar-refractivity contribution in [2.45, 2.75) is 56.9 Å².